The molecule has 6 heteroatoms. The molecule has 0 saturated heterocycles. The van der Waals surface area contributed by atoms with Crippen molar-refractivity contribution in [3.63, 3.8) is 0 Å². The van der Waals surface area contributed by atoms with Gasteiger partial charge in [-0.3, -0.25) is 4.68 Å². The molecule has 78 valence electrons. The highest BCUT2D eigenvalue weighted by atomic mass is 32.2. The Morgan fingerprint density at radius 2 is 2.29 bits per heavy atom. The second-order valence-corrected chi connectivity index (χ2v) is 5.66. The molecule has 1 aromatic rings. The van der Waals surface area contributed by atoms with Crippen LogP contribution in [-0.4, -0.2) is 35.7 Å². The minimum absolute atomic E-state index is 0.0505. The van der Waals surface area contributed by atoms with Crippen molar-refractivity contribution in [1.29, 1.82) is 0 Å². The maximum atomic E-state index is 11.1. The number of aliphatic hydroxyl groups excluding tert-OH is 1. The summed E-state index contributed by atoms with van der Waals surface area (Å²) in [6, 6.07) is -0.0505. The van der Waals surface area contributed by atoms with Gasteiger partial charge in [-0.1, -0.05) is 0 Å². The molecule has 0 bridgehead atoms. The second-order valence-electron chi connectivity index (χ2n) is 3.64. The maximum absolute atomic E-state index is 11.1. The molecule has 0 radical (unpaired) electrons. The van der Waals surface area contributed by atoms with E-state index in [1.165, 1.54) is 17.1 Å². The van der Waals surface area contributed by atoms with E-state index < -0.39 is 9.84 Å². The van der Waals surface area contributed by atoms with Gasteiger partial charge in [0.2, 0.25) is 0 Å². The molecule has 1 fully saturated rings. The van der Waals surface area contributed by atoms with Crippen LogP contribution in [0.2, 0.25) is 0 Å². The van der Waals surface area contributed by atoms with Crippen LogP contribution >= 0.6 is 0 Å². The van der Waals surface area contributed by atoms with E-state index in [1.54, 1.807) is 0 Å². The molecule has 0 aliphatic heterocycles. The molecule has 2 atom stereocenters. The van der Waals surface area contributed by atoms with Crippen molar-refractivity contribution in [2.75, 3.05) is 6.26 Å². The van der Waals surface area contributed by atoms with Crippen molar-refractivity contribution in [2.24, 2.45) is 0 Å². The van der Waals surface area contributed by atoms with Gasteiger partial charge in [0.1, 0.15) is 4.90 Å². The van der Waals surface area contributed by atoms with Crippen LogP contribution in [0.4, 0.5) is 0 Å². The van der Waals surface area contributed by atoms with Crippen molar-refractivity contribution in [2.45, 2.75) is 29.9 Å². The van der Waals surface area contributed by atoms with Crippen LogP contribution in [0.15, 0.2) is 17.3 Å². The Bertz CT molecular complexity index is 437. The first-order valence-electron chi connectivity index (χ1n) is 4.41. The van der Waals surface area contributed by atoms with Crippen LogP contribution < -0.4 is 0 Å². The third-order valence-corrected chi connectivity index (χ3v) is 3.62. The van der Waals surface area contributed by atoms with Crippen LogP contribution in [0.25, 0.3) is 0 Å². The van der Waals surface area contributed by atoms with Crippen molar-refractivity contribution in [1.82, 2.24) is 9.78 Å². The van der Waals surface area contributed by atoms with Crippen molar-refractivity contribution < 1.29 is 13.5 Å². The SMILES string of the molecule is CS(=O)(=O)c1cnn(C2CCC2O)c1. The van der Waals surface area contributed by atoms with Gasteiger partial charge in [-0.25, -0.2) is 8.42 Å². The van der Waals surface area contributed by atoms with E-state index in [-0.39, 0.29) is 17.0 Å². The molecule has 1 aliphatic rings. The lowest BCUT2D eigenvalue weighted by atomic mass is 9.89. The van der Waals surface area contributed by atoms with Crippen LogP contribution in [0.5, 0.6) is 0 Å². The van der Waals surface area contributed by atoms with Gasteiger partial charge in [0.05, 0.1) is 18.3 Å². The van der Waals surface area contributed by atoms with Gasteiger partial charge >= 0.3 is 0 Å². The number of aromatic nitrogens is 2. The highest BCUT2D eigenvalue weighted by molar-refractivity contribution is 7.90. The molecule has 1 aromatic heterocycles. The van der Waals surface area contributed by atoms with E-state index in [2.05, 4.69) is 5.10 Å². The molecule has 0 spiro atoms. The average molecular weight is 216 g/mol. The first-order valence-corrected chi connectivity index (χ1v) is 6.30. The van der Waals surface area contributed by atoms with Crippen LogP contribution in [0.3, 0.4) is 0 Å². The van der Waals surface area contributed by atoms with Gasteiger partial charge in [-0.05, 0) is 12.8 Å². The maximum Gasteiger partial charge on any atom is 0.178 e. The normalized spacial score (nSPS) is 27.3. The molecular weight excluding hydrogens is 204 g/mol. The molecule has 14 heavy (non-hydrogen) atoms. The minimum atomic E-state index is -3.18. The number of sulfone groups is 1. The van der Waals surface area contributed by atoms with Crippen LogP contribution in [0.1, 0.15) is 18.9 Å². The number of nitrogens with zero attached hydrogens (tertiary/aromatic N) is 2. The fourth-order valence-corrected chi connectivity index (χ4v) is 2.00. The Morgan fingerprint density at radius 1 is 1.57 bits per heavy atom. The second kappa shape index (κ2) is 3.06. The lowest BCUT2D eigenvalue weighted by molar-refractivity contribution is 0.0253. The third-order valence-electron chi connectivity index (χ3n) is 2.55. The van der Waals surface area contributed by atoms with Gasteiger partial charge < -0.3 is 5.11 Å². The molecule has 2 unspecified atom stereocenters. The molecule has 1 saturated carbocycles. The van der Waals surface area contributed by atoms with E-state index in [4.69, 9.17) is 0 Å². The summed E-state index contributed by atoms with van der Waals surface area (Å²) in [7, 11) is -3.18. The lowest BCUT2D eigenvalue weighted by Crippen LogP contribution is -2.33. The number of hydrogen-bond acceptors (Lipinski definition) is 4. The summed E-state index contributed by atoms with van der Waals surface area (Å²) in [4.78, 5) is 0.205. The fourth-order valence-electron chi connectivity index (χ4n) is 1.47. The van der Waals surface area contributed by atoms with Crippen LogP contribution in [0, 0.1) is 0 Å². The lowest BCUT2D eigenvalue weighted by Gasteiger charge is -2.32. The molecular formula is C8H12N2O3S. The molecule has 1 heterocycles. The summed E-state index contributed by atoms with van der Waals surface area (Å²) in [6.07, 6.45) is 5.17. The number of hydrogen-bond donors (Lipinski definition) is 1. The number of rotatable bonds is 2. The summed E-state index contributed by atoms with van der Waals surface area (Å²) in [5.74, 6) is 0. The van der Waals surface area contributed by atoms with Gasteiger partial charge in [0.25, 0.3) is 0 Å². The van der Waals surface area contributed by atoms with E-state index in [9.17, 15) is 13.5 Å². The first kappa shape index (κ1) is 9.67. The van der Waals surface area contributed by atoms with Crippen molar-refractivity contribution >= 4 is 9.84 Å². The molecule has 0 amide bonds. The van der Waals surface area contributed by atoms with Crippen LogP contribution in [-0.2, 0) is 9.84 Å². The molecule has 0 aromatic carbocycles. The van der Waals surface area contributed by atoms with E-state index in [0.29, 0.717) is 0 Å². The Balaban J connectivity index is 2.26. The monoisotopic (exact) mass is 216 g/mol. The quantitative estimate of drug-likeness (QED) is 0.754. The van der Waals surface area contributed by atoms with Gasteiger partial charge in [0.15, 0.2) is 9.84 Å². The first-order chi connectivity index (χ1) is 6.48. The minimum Gasteiger partial charge on any atom is -0.391 e. The number of aliphatic hydroxyl groups is 1. The Hall–Kier alpha value is -0.880. The summed E-state index contributed by atoms with van der Waals surface area (Å²) < 4.78 is 23.8. The smallest absolute Gasteiger partial charge is 0.178 e. The van der Waals surface area contributed by atoms with E-state index in [0.717, 1.165) is 19.1 Å². The Kier molecular flexibility index (Phi) is 2.11. The third kappa shape index (κ3) is 1.55. The zero-order chi connectivity index (χ0) is 10.3. The standard InChI is InChI=1S/C8H12N2O3S/c1-14(12,13)6-4-9-10(5-6)7-2-3-8(7)11/h4-5,7-8,11H,2-3H2,1H3. The zero-order valence-electron chi connectivity index (χ0n) is 7.79. The average Bonchev–Trinajstić information content (AvgIpc) is 2.49. The molecule has 2 rings (SSSR count). The van der Waals surface area contributed by atoms with Gasteiger partial charge in [-0.2, -0.15) is 5.10 Å². The Labute approximate surface area is 82.3 Å². The van der Waals surface area contributed by atoms with Gasteiger partial charge in [0, 0.05) is 12.5 Å². The topological polar surface area (TPSA) is 72.2 Å². The Morgan fingerprint density at radius 3 is 2.64 bits per heavy atom. The molecule has 1 aliphatic carbocycles. The fraction of sp³-hybridized carbons (Fsp3) is 0.625. The van der Waals surface area contributed by atoms with Gasteiger partial charge in [-0.15, -0.1) is 0 Å². The summed E-state index contributed by atoms with van der Waals surface area (Å²) in [5.41, 5.74) is 0. The predicted octanol–water partition coefficient (Wildman–Crippen LogP) is -0.0176. The van der Waals surface area contributed by atoms with E-state index >= 15 is 0 Å². The summed E-state index contributed by atoms with van der Waals surface area (Å²) in [6.45, 7) is 0. The van der Waals surface area contributed by atoms with E-state index in [1.807, 2.05) is 0 Å². The highest BCUT2D eigenvalue weighted by Crippen LogP contribution is 2.31. The molecule has 1 N–H and O–H groups in total. The largest absolute Gasteiger partial charge is 0.391 e. The van der Waals surface area contributed by atoms with Crippen molar-refractivity contribution in [3.8, 4) is 0 Å². The highest BCUT2D eigenvalue weighted by Gasteiger charge is 2.31. The summed E-state index contributed by atoms with van der Waals surface area (Å²) >= 11 is 0. The molecule has 5 nitrogen and oxygen atoms in total. The zero-order valence-corrected chi connectivity index (χ0v) is 8.61. The van der Waals surface area contributed by atoms with Crippen molar-refractivity contribution in [3.05, 3.63) is 12.4 Å². The predicted molar refractivity (Wildman–Crippen MR) is 49.6 cm³/mol. The summed E-state index contributed by atoms with van der Waals surface area (Å²) in [5, 5.41) is 13.3.